The van der Waals surface area contributed by atoms with Crippen LogP contribution in [0, 0.1) is 6.92 Å². The maximum Gasteiger partial charge on any atom is 0.157 e. The number of furan rings is 1. The zero-order valence-electron chi connectivity index (χ0n) is 11.0. The molecule has 4 heteroatoms. The van der Waals surface area contributed by atoms with Crippen molar-refractivity contribution in [3.63, 3.8) is 0 Å². The highest BCUT2D eigenvalue weighted by Gasteiger charge is 2.16. The van der Waals surface area contributed by atoms with Crippen LogP contribution in [0.5, 0.6) is 0 Å². The van der Waals surface area contributed by atoms with Gasteiger partial charge in [-0.15, -0.1) is 0 Å². The van der Waals surface area contributed by atoms with Gasteiger partial charge in [0, 0.05) is 11.1 Å². The molecule has 0 fully saturated rings. The molecule has 0 bridgehead atoms. The Morgan fingerprint density at radius 1 is 1.10 bits per heavy atom. The first kappa shape index (κ1) is 11.1. The fourth-order valence-electron chi connectivity index (χ4n) is 2.56. The Morgan fingerprint density at radius 3 is 2.75 bits per heavy atom. The molecule has 3 heterocycles. The Kier molecular flexibility index (Phi) is 2.15. The smallest absolute Gasteiger partial charge is 0.157 e. The molecule has 20 heavy (non-hydrogen) atoms. The average molecular weight is 263 g/mol. The topological polar surface area (TPSA) is 56.5 Å². The van der Waals surface area contributed by atoms with Gasteiger partial charge in [-0.25, -0.2) is 4.98 Å². The van der Waals surface area contributed by atoms with Gasteiger partial charge in [0.15, 0.2) is 5.76 Å². The number of nitrogens with two attached hydrogens (primary N) is 1. The molecule has 0 aliphatic rings. The Hall–Kier alpha value is -2.75. The maximum absolute atomic E-state index is 6.23. The van der Waals surface area contributed by atoms with Gasteiger partial charge in [0.1, 0.15) is 22.7 Å². The molecule has 0 atom stereocenters. The first-order valence-corrected chi connectivity index (χ1v) is 6.46. The molecule has 4 nitrogen and oxygen atoms in total. The van der Waals surface area contributed by atoms with E-state index in [2.05, 4.69) is 4.98 Å². The second-order valence-corrected chi connectivity index (χ2v) is 4.85. The Bertz CT molecular complexity index is 900. The number of nitrogens with zero attached hydrogens (tertiary/aromatic N) is 2. The lowest BCUT2D eigenvalue weighted by Gasteiger charge is -2.00. The van der Waals surface area contributed by atoms with Crippen LogP contribution in [0.4, 0.5) is 5.82 Å². The van der Waals surface area contributed by atoms with Crippen LogP contribution < -0.4 is 5.73 Å². The zero-order chi connectivity index (χ0) is 13.7. The number of aromatic nitrogens is 2. The number of pyridine rings is 1. The third-order valence-corrected chi connectivity index (χ3v) is 3.53. The van der Waals surface area contributed by atoms with E-state index in [0.717, 1.165) is 22.3 Å². The molecule has 3 aromatic heterocycles. The number of hydrogen-bond acceptors (Lipinski definition) is 3. The third kappa shape index (κ3) is 1.45. The number of imidazole rings is 1. The minimum absolute atomic E-state index is 0.608. The van der Waals surface area contributed by atoms with Gasteiger partial charge in [0.2, 0.25) is 0 Å². The second kappa shape index (κ2) is 3.87. The number of rotatable bonds is 1. The van der Waals surface area contributed by atoms with Gasteiger partial charge >= 0.3 is 0 Å². The van der Waals surface area contributed by atoms with Crippen LogP contribution in [-0.2, 0) is 0 Å². The normalized spacial score (nSPS) is 11.4. The summed E-state index contributed by atoms with van der Waals surface area (Å²) >= 11 is 0. The first-order valence-electron chi connectivity index (χ1n) is 6.46. The van der Waals surface area contributed by atoms with Crippen LogP contribution in [0.1, 0.15) is 5.69 Å². The predicted octanol–water partition coefficient (Wildman–Crippen LogP) is 3.64. The zero-order valence-corrected chi connectivity index (χ0v) is 11.0. The van der Waals surface area contributed by atoms with E-state index in [4.69, 9.17) is 10.2 Å². The van der Waals surface area contributed by atoms with Gasteiger partial charge in [0.25, 0.3) is 0 Å². The lowest BCUT2D eigenvalue weighted by atomic mass is 10.2. The van der Waals surface area contributed by atoms with E-state index in [1.807, 2.05) is 59.9 Å². The highest BCUT2D eigenvalue weighted by atomic mass is 16.3. The largest absolute Gasteiger partial charge is 0.454 e. The minimum atomic E-state index is 0.608. The van der Waals surface area contributed by atoms with E-state index in [1.165, 1.54) is 0 Å². The van der Waals surface area contributed by atoms with Crippen LogP contribution in [0.2, 0.25) is 0 Å². The molecule has 2 N–H and O–H groups in total. The molecule has 0 aliphatic heterocycles. The average Bonchev–Trinajstić information content (AvgIpc) is 3.00. The predicted molar refractivity (Wildman–Crippen MR) is 79.5 cm³/mol. The van der Waals surface area contributed by atoms with Crippen molar-refractivity contribution in [3.05, 3.63) is 54.2 Å². The Morgan fingerprint density at radius 2 is 1.95 bits per heavy atom. The molecule has 4 rings (SSSR count). The van der Waals surface area contributed by atoms with Gasteiger partial charge in [0.05, 0.1) is 0 Å². The van der Waals surface area contributed by atoms with Crippen LogP contribution in [0.25, 0.3) is 28.1 Å². The molecule has 98 valence electrons. The van der Waals surface area contributed by atoms with Crippen LogP contribution in [0.15, 0.2) is 52.9 Å². The number of fused-ring (bicyclic) bond motifs is 2. The molecule has 0 saturated heterocycles. The molecule has 0 saturated carbocycles. The summed E-state index contributed by atoms with van der Waals surface area (Å²) in [6, 6.07) is 15.8. The van der Waals surface area contributed by atoms with Gasteiger partial charge < -0.3 is 10.2 Å². The van der Waals surface area contributed by atoms with Crippen molar-refractivity contribution in [2.24, 2.45) is 0 Å². The number of benzene rings is 1. The molecule has 1 aromatic carbocycles. The SMILES string of the molecule is Cc1cccc2nc(-c3cc4ccccc4o3)c(N)n12. The van der Waals surface area contributed by atoms with Crippen molar-refractivity contribution in [3.8, 4) is 11.5 Å². The summed E-state index contributed by atoms with van der Waals surface area (Å²) in [4.78, 5) is 4.58. The molecule has 0 spiro atoms. The molecular weight excluding hydrogens is 250 g/mol. The number of hydrogen-bond donors (Lipinski definition) is 1. The molecule has 4 aromatic rings. The molecule has 0 aliphatic carbocycles. The van der Waals surface area contributed by atoms with Crippen molar-refractivity contribution in [1.82, 2.24) is 9.38 Å². The number of para-hydroxylation sites is 1. The lowest BCUT2D eigenvalue weighted by molar-refractivity contribution is 0.629. The van der Waals surface area contributed by atoms with E-state index in [9.17, 15) is 0 Å². The highest BCUT2D eigenvalue weighted by Crippen LogP contribution is 2.31. The fraction of sp³-hybridized carbons (Fsp3) is 0.0625. The van der Waals surface area contributed by atoms with Gasteiger partial charge in [-0.3, -0.25) is 4.40 Å². The molecule has 0 radical (unpaired) electrons. The summed E-state index contributed by atoms with van der Waals surface area (Å²) in [6.45, 7) is 2.01. The second-order valence-electron chi connectivity index (χ2n) is 4.85. The number of anilines is 1. The number of aryl methyl sites for hydroxylation is 1. The summed E-state index contributed by atoms with van der Waals surface area (Å²) in [7, 11) is 0. The number of nitrogen functional groups attached to an aromatic ring is 1. The van der Waals surface area contributed by atoms with Gasteiger partial charge in [-0.2, -0.15) is 0 Å². The van der Waals surface area contributed by atoms with Gasteiger partial charge in [-0.05, 0) is 31.2 Å². The van der Waals surface area contributed by atoms with E-state index in [0.29, 0.717) is 17.3 Å². The van der Waals surface area contributed by atoms with Crippen molar-refractivity contribution in [2.45, 2.75) is 6.92 Å². The van der Waals surface area contributed by atoms with Crippen molar-refractivity contribution in [2.75, 3.05) is 5.73 Å². The fourth-order valence-corrected chi connectivity index (χ4v) is 2.56. The maximum atomic E-state index is 6.23. The standard InChI is InChI=1S/C16H13N3O/c1-10-5-4-8-14-18-15(16(17)19(10)14)13-9-11-6-2-3-7-12(11)20-13/h2-9H,17H2,1H3. The van der Waals surface area contributed by atoms with Gasteiger partial charge in [-0.1, -0.05) is 24.3 Å². The van der Waals surface area contributed by atoms with Crippen LogP contribution >= 0.6 is 0 Å². The molecule has 0 amide bonds. The lowest BCUT2D eigenvalue weighted by Crippen LogP contribution is -1.96. The van der Waals surface area contributed by atoms with Crippen LogP contribution in [0.3, 0.4) is 0 Å². The molecular formula is C16H13N3O. The van der Waals surface area contributed by atoms with E-state index in [1.54, 1.807) is 0 Å². The first-order chi connectivity index (χ1) is 9.74. The summed E-state index contributed by atoms with van der Waals surface area (Å²) in [5, 5.41) is 1.05. The summed E-state index contributed by atoms with van der Waals surface area (Å²) < 4.78 is 7.78. The Balaban J connectivity index is 2.02. The van der Waals surface area contributed by atoms with E-state index in [-0.39, 0.29) is 0 Å². The minimum Gasteiger partial charge on any atom is -0.454 e. The third-order valence-electron chi connectivity index (χ3n) is 3.53. The van der Waals surface area contributed by atoms with Crippen LogP contribution in [-0.4, -0.2) is 9.38 Å². The van der Waals surface area contributed by atoms with Crippen molar-refractivity contribution in [1.29, 1.82) is 0 Å². The van der Waals surface area contributed by atoms with E-state index < -0.39 is 0 Å². The Labute approximate surface area is 115 Å². The monoisotopic (exact) mass is 263 g/mol. The van der Waals surface area contributed by atoms with Crippen molar-refractivity contribution >= 4 is 22.4 Å². The van der Waals surface area contributed by atoms with E-state index >= 15 is 0 Å². The highest BCUT2D eigenvalue weighted by molar-refractivity contribution is 5.84. The summed E-state index contributed by atoms with van der Waals surface area (Å²) in [5.41, 5.74) is 9.65. The summed E-state index contributed by atoms with van der Waals surface area (Å²) in [6.07, 6.45) is 0. The molecule has 0 unspecified atom stereocenters. The van der Waals surface area contributed by atoms with Crippen molar-refractivity contribution < 1.29 is 4.42 Å². The summed E-state index contributed by atoms with van der Waals surface area (Å²) in [5.74, 6) is 1.31. The quantitative estimate of drug-likeness (QED) is 0.570.